The first kappa shape index (κ1) is 50.6. The summed E-state index contributed by atoms with van der Waals surface area (Å²) in [6.45, 7) is 6.87. The van der Waals surface area contributed by atoms with Gasteiger partial charge in [-0.25, -0.2) is 0 Å². The Labute approximate surface area is 508 Å². The number of anilines is 6. The van der Waals surface area contributed by atoms with Crippen molar-refractivity contribution < 1.29 is 4.74 Å². The average Bonchev–Trinajstić information content (AvgIpc) is 1.09. The Bertz CT molecular complexity index is 4950. The molecule has 4 heterocycles. The molecule has 0 N–H and O–H groups in total. The van der Waals surface area contributed by atoms with Crippen LogP contribution in [0.2, 0.25) is 0 Å². The number of nitrogens with zero attached hydrogens (tertiary/aromatic N) is 3. The molecule has 0 radical (unpaired) electrons. The van der Waals surface area contributed by atoms with E-state index < -0.39 is 0 Å². The van der Waals surface area contributed by atoms with Crippen LogP contribution in [0.5, 0.6) is 11.5 Å². The van der Waals surface area contributed by atoms with Gasteiger partial charge >= 0.3 is 0 Å². The molecule has 3 aliphatic heterocycles. The largest absolute Gasteiger partial charge is 0.456 e. The molecule has 0 amide bonds. The number of para-hydroxylation sites is 5. The average molecular weight is 1110 g/mol. The lowest BCUT2D eigenvalue weighted by atomic mass is 9.33. The molecule has 13 aromatic carbocycles. The normalized spacial score (nSPS) is 12.8. The standard InChI is InChI=1S/C82H58BN3O/c1-82(2,3)59-50-75-79-76(51-59)86(80-61(55-29-12-6-13-30-55)37-24-38-62(80)56-31-14-7-15-32-56)74-52-60(84-71-39-20-16-33-63(71)64-34-17-21-40-72(64)84)44-45-69(74)83(79)70-49-58(54-27-10-5-11-28-54)48-68-66-36-19-23-42-78(66)87-77-41-22-18-35-65(77)67-47-57(53-25-8-4-9-26-53)43-46-73(67)85(75)81(68)70/h4-52H,1-3H3. The van der Waals surface area contributed by atoms with Gasteiger partial charge in [-0.3, -0.25) is 0 Å². The molecule has 1 aromatic heterocycles. The summed E-state index contributed by atoms with van der Waals surface area (Å²) in [5, 5.41) is 2.46. The Morgan fingerprint density at radius 1 is 0.310 bits per heavy atom. The summed E-state index contributed by atoms with van der Waals surface area (Å²) < 4.78 is 9.84. The Morgan fingerprint density at radius 2 is 0.793 bits per heavy atom. The minimum absolute atomic E-state index is 0.240. The molecule has 0 saturated carbocycles. The lowest BCUT2D eigenvalue weighted by Crippen LogP contribution is -2.61. The van der Waals surface area contributed by atoms with Crippen molar-refractivity contribution in [1.29, 1.82) is 0 Å². The highest BCUT2D eigenvalue weighted by Crippen LogP contribution is 2.56. The first-order chi connectivity index (χ1) is 42.8. The zero-order valence-corrected chi connectivity index (χ0v) is 48.6. The van der Waals surface area contributed by atoms with E-state index in [1.165, 1.54) is 43.8 Å². The Hall–Kier alpha value is -10.9. The molecule has 17 rings (SSSR count). The van der Waals surface area contributed by atoms with E-state index in [9.17, 15) is 0 Å². The van der Waals surface area contributed by atoms with Gasteiger partial charge in [0.2, 0.25) is 0 Å². The highest BCUT2D eigenvalue weighted by Gasteiger charge is 2.47. The van der Waals surface area contributed by atoms with Crippen molar-refractivity contribution in [3.8, 4) is 83.9 Å². The van der Waals surface area contributed by atoms with Crippen molar-refractivity contribution in [2.45, 2.75) is 26.2 Å². The van der Waals surface area contributed by atoms with Crippen LogP contribution in [-0.2, 0) is 5.41 Å². The van der Waals surface area contributed by atoms with Crippen LogP contribution in [0.3, 0.4) is 0 Å². The van der Waals surface area contributed by atoms with E-state index in [1.807, 2.05) is 0 Å². The van der Waals surface area contributed by atoms with Crippen LogP contribution in [-0.4, -0.2) is 11.3 Å². The Morgan fingerprint density at radius 3 is 1.38 bits per heavy atom. The molecular formula is C82H58BN3O. The molecule has 3 aliphatic rings. The summed E-state index contributed by atoms with van der Waals surface area (Å²) in [6.07, 6.45) is 0. The molecule has 0 saturated heterocycles. The number of aromatic nitrogens is 1. The third kappa shape index (κ3) is 8.07. The SMILES string of the molecule is CC(C)(C)c1cc2c3c(c1)N(c1c(-c4ccccc4)cccc1-c1ccccc1)c1cc(-n4c5ccccc5c5ccccc54)ccc1B3c1cc(-c3ccccc3)cc3c1N2c1ccc(-c2ccccc2)cc1-c1ccccc1Oc1ccccc1-3. The molecule has 410 valence electrons. The van der Waals surface area contributed by atoms with Crippen molar-refractivity contribution in [3.63, 3.8) is 0 Å². The third-order valence-electron chi connectivity index (χ3n) is 18.3. The zero-order chi connectivity index (χ0) is 57.9. The molecule has 0 aliphatic carbocycles. The van der Waals surface area contributed by atoms with Crippen LogP contribution in [0.1, 0.15) is 26.3 Å². The van der Waals surface area contributed by atoms with Gasteiger partial charge in [-0.15, -0.1) is 0 Å². The van der Waals surface area contributed by atoms with E-state index in [0.29, 0.717) is 0 Å². The number of fused-ring (bicyclic) bond motifs is 13. The lowest BCUT2D eigenvalue weighted by molar-refractivity contribution is 0.486. The summed E-state index contributed by atoms with van der Waals surface area (Å²) in [5.41, 5.74) is 28.2. The smallest absolute Gasteiger partial charge is 0.252 e. The molecule has 0 bridgehead atoms. The molecule has 4 nitrogen and oxygen atoms in total. The van der Waals surface area contributed by atoms with Gasteiger partial charge in [-0.05, 0) is 127 Å². The van der Waals surface area contributed by atoms with Gasteiger partial charge in [0.05, 0.1) is 22.4 Å². The van der Waals surface area contributed by atoms with E-state index >= 15 is 0 Å². The summed E-state index contributed by atoms with van der Waals surface area (Å²) in [5.74, 6) is 1.59. The fraction of sp³-hybridized carbons (Fsp3) is 0.0488. The summed E-state index contributed by atoms with van der Waals surface area (Å²) in [6, 6.07) is 110. The van der Waals surface area contributed by atoms with E-state index in [-0.39, 0.29) is 12.1 Å². The first-order valence-electron chi connectivity index (χ1n) is 30.3. The zero-order valence-electron chi connectivity index (χ0n) is 48.6. The summed E-state index contributed by atoms with van der Waals surface area (Å²) in [7, 11) is 0. The van der Waals surface area contributed by atoms with Gasteiger partial charge in [0.25, 0.3) is 6.71 Å². The Balaban J connectivity index is 1.07. The minimum Gasteiger partial charge on any atom is -0.456 e. The number of rotatable bonds is 6. The molecule has 87 heavy (non-hydrogen) atoms. The topological polar surface area (TPSA) is 20.6 Å². The molecule has 0 unspecified atom stereocenters. The maximum atomic E-state index is 7.36. The van der Waals surface area contributed by atoms with Crippen molar-refractivity contribution in [1.82, 2.24) is 4.57 Å². The van der Waals surface area contributed by atoms with Gasteiger partial charge in [-0.1, -0.05) is 251 Å². The van der Waals surface area contributed by atoms with Crippen molar-refractivity contribution in [2.24, 2.45) is 0 Å². The monoisotopic (exact) mass is 1110 g/mol. The second kappa shape index (κ2) is 19.9. The van der Waals surface area contributed by atoms with Gasteiger partial charge in [0.1, 0.15) is 11.5 Å². The highest BCUT2D eigenvalue weighted by molar-refractivity contribution is 7.00. The predicted molar refractivity (Wildman–Crippen MR) is 366 cm³/mol. The summed E-state index contributed by atoms with van der Waals surface area (Å²) >= 11 is 0. The fourth-order valence-corrected chi connectivity index (χ4v) is 14.3. The Kier molecular flexibility index (Phi) is 11.6. The number of hydrogen-bond donors (Lipinski definition) is 0. The maximum absolute atomic E-state index is 7.36. The molecule has 0 spiro atoms. The van der Waals surface area contributed by atoms with Gasteiger partial charge in [0, 0.05) is 72.6 Å². The van der Waals surface area contributed by atoms with E-state index in [2.05, 4.69) is 332 Å². The number of hydrogen-bond acceptors (Lipinski definition) is 3. The molecule has 14 aromatic rings. The first-order valence-corrected chi connectivity index (χ1v) is 30.3. The minimum atomic E-state index is -0.288. The highest BCUT2D eigenvalue weighted by atomic mass is 16.5. The lowest BCUT2D eigenvalue weighted by Gasteiger charge is -2.47. The second-order valence-corrected chi connectivity index (χ2v) is 24.3. The van der Waals surface area contributed by atoms with Crippen molar-refractivity contribution >= 4 is 79.0 Å². The van der Waals surface area contributed by atoms with Gasteiger partial charge in [0.15, 0.2) is 0 Å². The molecule has 0 atom stereocenters. The van der Waals surface area contributed by atoms with E-state index in [1.54, 1.807) is 0 Å². The molecule has 5 heteroatoms. The van der Waals surface area contributed by atoms with E-state index in [4.69, 9.17) is 4.74 Å². The molecular weight excluding hydrogens is 1050 g/mol. The van der Waals surface area contributed by atoms with Crippen molar-refractivity contribution in [3.05, 3.63) is 303 Å². The van der Waals surface area contributed by atoms with Crippen LogP contribution in [0, 0.1) is 0 Å². The quantitative estimate of drug-likeness (QED) is 0.155. The van der Waals surface area contributed by atoms with Crippen molar-refractivity contribution in [2.75, 3.05) is 9.80 Å². The third-order valence-corrected chi connectivity index (χ3v) is 18.3. The van der Waals surface area contributed by atoms with Gasteiger partial charge < -0.3 is 19.1 Å². The molecule has 0 fully saturated rings. The number of benzene rings is 13. The van der Waals surface area contributed by atoms with Crippen LogP contribution in [0.15, 0.2) is 297 Å². The van der Waals surface area contributed by atoms with Gasteiger partial charge in [-0.2, -0.15) is 0 Å². The van der Waals surface area contributed by atoms with E-state index in [0.717, 1.165) is 118 Å². The predicted octanol–water partition coefficient (Wildman–Crippen LogP) is 20.3. The van der Waals surface area contributed by atoms with Crippen LogP contribution in [0.25, 0.3) is 94.3 Å². The van der Waals surface area contributed by atoms with Crippen LogP contribution < -0.4 is 30.9 Å². The number of ether oxygens (including phenoxy) is 1. The second-order valence-electron chi connectivity index (χ2n) is 24.3. The van der Waals surface area contributed by atoms with Crippen LogP contribution in [0.4, 0.5) is 34.1 Å². The summed E-state index contributed by atoms with van der Waals surface area (Å²) in [4.78, 5) is 5.33. The maximum Gasteiger partial charge on any atom is 0.252 e. The van der Waals surface area contributed by atoms with Crippen LogP contribution >= 0.6 is 0 Å². The fourth-order valence-electron chi connectivity index (χ4n) is 14.3.